The van der Waals surface area contributed by atoms with Crippen molar-refractivity contribution in [2.75, 3.05) is 20.3 Å². The maximum atomic E-state index is 11.6. The molecule has 0 fully saturated rings. The molecule has 0 atom stereocenters. The molecule has 1 amide bonds. The van der Waals surface area contributed by atoms with E-state index in [4.69, 9.17) is 4.74 Å². The number of hydrogen-bond donors (Lipinski definition) is 1. The van der Waals surface area contributed by atoms with E-state index in [1.54, 1.807) is 18.0 Å². The number of carbonyl (C=O) groups excluding carboxylic acids is 1. The molecule has 0 unspecified atom stereocenters. The maximum Gasteiger partial charge on any atom is 0.224 e. The molecule has 2 rings (SSSR count). The molecule has 2 aromatic rings. The molecule has 0 aliphatic carbocycles. The number of nitrogens with one attached hydrogen (secondary N) is 1. The predicted molar refractivity (Wildman–Crippen MR) is 72.2 cm³/mol. The van der Waals surface area contributed by atoms with Crippen LogP contribution in [-0.4, -0.2) is 35.9 Å². The van der Waals surface area contributed by atoms with Crippen LogP contribution in [0.3, 0.4) is 0 Å². The highest BCUT2D eigenvalue weighted by Gasteiger charge is 2.06. The Labute approximate surface area is 112 Å². The molecular weight excluding hydrogens is 242 g/mol. The molecule has 0 saturated heterocycles. The lowest BCUT2D eigenvalue weighted by Gasteiger charge is -2.02. The summed E-state index contributed by atoms with van der Waals surface area (Å²) in [5.41, 5.74) is 1.87. The smallest absolute Gasteiger partial charge is 0.224 e. The molecule has 0 spiro atoms. The van der Waals surface area contributed by atoms with Crippen molar-refractivity contribution in [3.63, 3.8) is 0 Å². The van der Waals surface area contributed by atoms with Gasteiger partial charge in [0.15, 0.2) is 0 Å². The van der Waals surface area contributed by atoms with Crippen molar-refractivity contribution in [1.29, 1.82) is 0 Å². The molecule has 0 aliphatic rings. The van der Waals surface area contributed by atoms with Crippen LogP contribution in [0.25, 0.3) is 5.69 Å². The zero-order valence-corrected chi connectivity index (χ0v) is 10.9. The third-order valence-corrected chi connectivity index (χ3v) is 2.65. The minimum atomic E-state index is -0.0235. The number of ether oxygens (including phenoxy) is 1. The number of nitrogens with zero attached hydrogens (tertiary/aromatic N) is 2. The van der Waals surface area contributed by atoms with Gasteiger partial charge in [0, 0.05) is 19.9 Å². The van der Waals surface area contributed by atoms with E-state index in [0.29, 0.717) is 19.6 Å². The summed E-state index contributed by atoms with van der Waals surface area (Å²) in [5.74, 6) is -0.0235. The molecule has 0 bridgehead atoms. The minimum absolute atomic E-state index is 0.0235. The number of carbonyl (C=O) groups is 1. The van der Waals surface area contributed by atoms with Gasteiger partial charge >= 0.3 is 0 Å². The molecule has 5 nitrogen and oxygen atoms in total. The van der Waals surface area contributed by atoms with Crippen LogP contribution in [0.2, 0.25) is 0 Å². The number of amides is 1. The second-order valence-corrected chi connectivity index (χ2v) is 4.15. The van der Waals surface area contributed by atoms with Gasteiger partial charge in [0.25, 0.3) is 0 Å². The van der Waals surface area contributed by atoms with Crippen molar-refractivity contribution in [3.8, 4) is 5.69 Å². The van der Waals surface area contributed by atoms with Crippen LogP contribution in [0.1, 0.15) is 5.56 Å². The summed E-state index contributed by atoms with van der Waals surface area (Å²) in [6.45, 7) is 1.05. The number of hydrogen-bond acceptors (Lipinski definition) is 3. The van der Waals surface area contributed by atoms with E-state index in [1.165, 1.54) is 0 Å². The lowest BCUT2D eigenvalue weighted by Crippen LogP contribution is -2.28. The molecule has 1 aromatic heterocycles. The Morgan fingerprint density at radius 2 is 2.16 bits per heavy atom. The Kier molecular flexibility index (Phi) is 4.69. The number of methoxy groups -OCH3 is 1. The first-order valence-corrected chi connectivity index (χ1v) is 6.14. The van der Waals surface area contributed by atoms with Gasteiger partial charge in [-0.25, -0.2) is 4.68 Å². The Morgan fingerprint density at radius 1 is 1.37 bits per heavy atom. The zero-order valence-electron chi connectivity index (χ0n) is 10.9. The van der Waals surface area contributed by atoms with Crippen molar-refractivity contribution in [1.82, 2.24) is 15.1 Å². The molecule has 5 heteroatoms. The van der Waals surface area contributed by atoms with Crippen LogP contribution in [0.5, 0.6) is 0 Å². The van der Waals surface area contributed by atoms with Crippen LogP contribution >= 0.6 is 0 Å². The fourth-order valence-corrected chi connectivity index (χ4v) is 1.71. The summed E-state index contributed by atoms with van der Waals surface area (Å²) in [7, 11) is 1.61. The van der Waals surface area contributed by atoms with E-state index in [0.717, 1.165) is 11.3 Å². The van der Waals surface area contributed by atoms with E-state index < -0.39 is 0 Å². The quantitative estimate of drug-likeness (QED) is 0.792. The highest BCUT2D eigenvalue weighted by Crippen LogP contribution is 2.07. The van der Waals surface area contributed by atoms with Gasteiger partial charge in [0.2, 0.25) is 5.91 Å². The topological polar surface area (TPSA) is 56.1 Å². The molecular formula is C14H17N3O2. The van der Waals surface area contributed by atoms with Crippen LogP contribution in [0.15, 0.2) is 42.7 Å². The number of rotatable bonds is 6. The van der Waals surface area contributed by atoms with Crippen molar-refractivity contribution in [3.05, 3.63) is 48.3 Å². The fourth-order valence-electron chi connectivity index (χ4n) is 1.71. The number of benzene rings is 1. The van der Waals surface area contributed by atoms with Crippen LogP contribution in [0.4, 0.5) is 0 Å². The second kappa shape index (κ2) is 6.70. The maximum absolute atomic E-state index is 11.6. The summed E-state index contributed by atoms with van der Waals surface area (Å²) in [4.78, 5) is 11.6. The number of para-hydroxylation sites is 1. The van der Waals surface area contributed by atoms with Gasteiger partial charge in [-0.1, -0.05) is 18.2 Å². The van der Waals surface area contributed by atoms with Gasteiger partial charge in [-0.3, -0.25) is 4.79 Å². The SMILES string of the molecule is COCCNC(=O)Cc1cnn(-c2ccccc2)c1. The van der Waals surface area contributed by atoms with Crippen molar-refractivity contribution in [2.45, 2.75) is 6.42 Å². The van der Waals surface area contributed by atoms with E-state index >= 15 is 0 Å². The normalized spacial score (nSPS) is 10.4. The van der Waals surface area contributed by atoms with E-state index in [-0.39, 0.29) is 5.91 Å². The van der Waals surface area contributed by atoms with E-state index in [9.17, 15) is 4.79 Å². The summed E-state index contributed by atoms with van der Waals surface area (Å²) in [5, 5.41) is 7.03. The summed E-state index contributed by atoms with van der Waals surface area (Å²) in [6, 6.07) is 9.80. The molecule has 1 aromatic carbocycles. The van der Waals surface area contributed by atoms with Gasteiger partial charge in [-0.15, -0.1) is 0 Å². The Morgan fingerprint density at radius 3 is 2.89 bits per heavy atom. The largest absolute Gasteiger partial charge is 0.383 e. The predicted octanol–water partition coefficient (Wildman–Crippen LogP) is 1.18. The third-order valence-electron chi connectivity index (χ3n) is 2.65. The minimum Gasteiger partial charge on any atom is -0.383 e. The van der Waals surface area contributed by atoms with Gasteiger partial charge in [0.05, 0.1) is 24.9 Å². The van der Waals surface area contributed by atoms with Crippen molar-refractivity contribution in [2.24, 2.45) is 0 Å². The molecule has 100 valence electrons. The third kappa shape index (κ3) is 3.93. The highest BCUT2D eigenvalue weighted by molar-refractivity contribution is 5.78. The van der Waals surface area contributed by atoms with Gasteiger partial charge in [0.1, 0.15) is 0 Å². The van der Waals surface area contributed by atoms with Crippen molar-refractivity contribution < 1.29 is 9.53 Å². The zero-order chi connectivity index (χ0) is 13.5. The van der Waals surface area contributed by atoms with Crippen LogP contribution in [-0.2, 0) is 16.0 Å². The molecule has 1 heterocycles. The lowest BCUT2D eigenvalue weighted by atomic mass is 10.2. The first-order chi connectivity index (χ1) is 9.29. The molecule has 0 radical (unpaired) electrons. The Balaban J connectivity index is 1.93. The van der Waals surface area contributed by atoms with Gasteiger partial charge in [-0.05, 0) is 17.7 Å². The number of aromatic nitrogens is 2. The average molecular weight is 259 g/mol. The Hall–Kier alpha value is -2.14. The second-order valence-electron chi connectivity index (χ2n) is 4.15. The van der Waals surface area contributed by atoms with Gasteiger partial charge < -0.3 is 10.1 Å². The monoisotopic (exact) mass is 259 g/mol. The molecule has 0 saturated carbocycles. The average Bonchev–Trinajstić information content (AvgIpc) is 2.88. The van der Waals surface area contributed by atoms with Crippen molar-refractivity contribution >= 4 is 5.91 Å². The lowest BCUT2D eigenvalue weighted by molar-refractivity contribution is -0.120. The van der Waals surface area contributed by atoms with Crippen LogP contribution < -0.4 is 5.32 Å². The first kappa shape index (κ1) is 13.3. The fraction of sp³-hybridized carbons (Fsp3) is 0.286. The highest BCUT2D eigenvalue weighted by atomic mass is 16.5. The summed E-state index contributed by atoms with van der Waals surface area (Å²) in [6.07, 6.45) is 3.91. The standard InChI is InChI=1S/C14H17N3O2/c1-19-8-7-15-14(18)9-12-10-16-17(11-12)13-5-3-2-4-6-13/h2-6,10-11H,7-9H2,1H3,(H,15,18). The Bertz CT molecular complexity index is 522. The van der Waals surface area contributed by atoms with E-state index in [2.05, 4.69) is 10.4 Å². The molecule has 19 heavy (non-hydrogen) atoms. The van der Waals surface area contributed by atoms with E-state index in [1.807, 2.05) is 36.5 Å². The van der Waals surface area contributed by atoms with Gasteiger partial charge in [-0.2, -0.15) is 5.10 Å². The summed E-state index contributed by atoms with van der Waals surface area (Å²) < 4.78 is 6.63. The first-order valence-electron chi connectivity index (χ1n) is 6.14. The molecule has 1 N–H and O–H groups in total. The van der Waals surface area contributed by atoms with Crippen LogP contribution in [0, 0.1) is 0 Å². The summed E-state index contributed by atoms with van der Waals surface area (Å²) >= 11 is 0. The molecule has 0 aliphatic heterocycles.